The Morgan fingerprint density at radius 3 is 2.29 bits per heavy atom. The molecule has 9 heteroatoms. The van der Waals surface area contributed by atoms with Gasteiger partial charge in [-0.05, 0) is 41.7 Å². The van der Waals surface area contributed by atoms with Gasteiger partial charge in [0.1, 0.15) is 11.8 Å². The third-order valence-electron chi connectivity index (χ3n) is 6.46. The first kappa shape index (κ1) is 22.8. The van der Waals surface area contributed by atoms with Crippen LogP contribution in [0.4, 0.5) is 5.95 Å². The van der Waals surface area contributed by atoms with Gasteiger partial charge in [-0.15, -0.1) is 5.10 Å². The normalized spacial score (nSPS) is 18.4. The fourth-order valence-electron chi connectivity index (χ4n) is 4.91. The van der Waals surface area contributed by atoms with Crippen molar-refractivity contribution in [2.24, 2.45) is 5.41 Å². The molecule has 9 nitrogen and oxygen atoms in total. The summed E-state index contributed by atoms with van der Waals surface area (Å²) in [5.74, 6) is 2.69. The van der Waals surface area contributed by atoms with Gasteiger partial charge in [-0.2, -0.15) is 4.98 Å². The van der Waals surface area contributed by atoms with Crippen molar-refractivity contribution in [2.75, 3.05) is 26.6 Å². The number of benzene rings is 2. The first-order valence-electron chi connectivity index (χ1n) is 11.3. The maximum absolute atomic E-state index is 13.4. The van der Waals surface area contributed by atoms with Gasteiger partial charge >= 0.3 is 0 Å². The SMILES string of the molecule is COc1cc(-c2nc3n(n2)[C@H](c2ccc(O)cc2)C2=C(CC(C)(C)CC2=O)N3)cc(OC)c1OC. The highest BCUT2D eigenvalue weighted by atomic mass is 16.5. The van der Waals surface area contributed by atoms with Crippen molar-refractivity contribution in [3.05, 3.63) is 53.2 Å². The minimum absolute atomic E-state index is 0.0808. The standard InChI is InChI=1S/C26H28N4O5/c1-26(2)12-17-21(18(32)13-26)22(14-6-8-16(31)9-7-14)30-25(27-17)28-24(29-30)15-10-19(33-3)23(35-5)20(11-15)34-4/h6-11,22,31H,12-13H2,1-5H3,(H,27,28,29)/t22-/m1/s1. The Labute approximate surface area is 203 Å². The van der Waals surface area contributed by atoms with Crippen LogP contribution in [0.25, 0.3) is 11.4 Å². The number of ketones is 1. The zero-order valence-corrected chi connectivity index (χ0v) is 20.4. The van der Waals surface area contributed by atoms with Gasteiger partial charge in [0.25, 0.3) is 0 Å². The number of phenolic OH excluding ortho intramolecular Hbond substituents is 1. The lowest BCUT2D eigenvalue weighted by molar-refractivity contribution is -0.118. The Hall–Kier alpha value is -4.01. The molecule has 3 aromatic rings. The molecule has 0 unspecified atom stereocenters. The number of Topliss-reactive ketones (excluding diaryl/α,β-unsaturated/α-hetero) is 1. The maximum Gasteiger partial charge on any atom is 0.226 e. The smallest absolute Gasteiger partial charge is 0.226 e. The first-order chi connectivity index (χ1) is 16.7. The van der Waals surface area contributed by atoms with Crippen LogP contribution < -0.4 is 19.5 Å². The molecule has 0 radical (unpaired) electrons. The zero-order valence-electron chi connectivity index (χ0n) is 20.4. The predicted octanol–water partition coefficient (Wildman–Crippen LogP) is 4.33. The molecule has 2 N–H and O–H groups in total. The topological polar surface area (TPSA) is 108 Å². The number of methoxy groups -OCH3 is 3. The van der Waals surface area contributed by atoms with Gasteiger partial charge < -0.3 is 24.6 Å². The lowest BCUT2D eigenvalue weighted by Gasteiger charge is -2.38. The molecule has 2 heterocycles. The molecule has 1 aliphatic carbocycles. The molecule has 0 amide bonds. The Morgan fingerprint density at radius 1 is 1.03 bits per heavy atom. The number of rotatable bonds is 5. The predicted molar refractivity (Wildman–Crippen MR) is 130 cm³/mol. The molecule has 2 aliphatic rings. The van der Waals surface area contributed by atoms with E-state index in [2.05, 4.69) is 19.2 Å². The molecule has 0 saturated heterocycles. The number of nitrogens with one attached hydrogen (secondary N) is 1. The number of hydrogen-bond acceptors (Lipinski definition) is 8. The van der Waals surface area contributed by atoms with Crippen LogP contribution in [0.3, 0.4) is 0 Å². The monoisotopic (exact) mass is 476 g/mol. The van der Waals surface area contributed by atoms with Crippen LogP contribution in [0, 0.1) is 5.41 Å². The first-order valence-corrected chi connectivity index (χ1v) is 11.3. The lowest BCUT2D eigenvalue weighted by atomic mass is 9.73. The van der Waals surface area contributed by atoms with Gasteiger partial charge in [0.05, 0.1) is 21.3 Å². The summed E-state index contributed by atoms with van der Waals surface area (Å²) in [4.78, 5) is 18.1. The molecular weight excluding hydrogens is 448 g/mol. The van der Waals surface area contributed by atoms with Gasteiger partial charge in [-0.3, -0.25) is 4.79 Å². The number of hydrogen-bond donors (Lipinski definition) is 2. The van der Waals surface area contributed by atoms with Crippen LogP contribution in [0.15, 0.2) is 47.7 Å². The molecule has 2 aromatic carbocycles. The summed E-state index contributed by atoms with van der Waals surface area (Å²) in [5.41, 5.74) is 2.90. The Kier molecular flexibility index (Phi) is 5.42. The van der Waals surface area contributed by atoms with Crippen LogP contribution in [-0.4, -0.2) is 47.0 Å². The number of fused-ring (bicyclic) bond motifs is 1. The van der Waals surface area contributed by atoms with Crippen LogP contribution in [-0.2, 0) is 4.79 Å². The number of nitrogens with zero attached hydrogens (tertiary/aromatic N) is 3. The molecule has 0 spiro atoms. The molecule has 1 atom stereocenters. The lowest BCUT2D eigenvalue weighted by Crippen LogP contribution is -2.36. The highest BCUT2D eigenvalue weighted by Gasteiger charge is 2.42. The number of allylic oxidation sites excluding steroid dienone is 2. The second-order valence-electron chi connectivity index (χ2n) is 9.57. The number of carbonyl (C=O) groups excluding carboxylic acids is 1. The summed E-state index contributed by atoms with van der Waals surface area (Å²) >= 11 is 0. The fourth-order valence-corrected chi connectivity index (χ4v) is 4.91. The Balaban J connectivity index is 1.67. The van der Waals surface area contributed by atoms with E-state index in [0.29, 0.717) is 46.6 Å². The summed E-state index contributed by atoms with van der Waals surface area (Å²) in [6.07, 6.45) is 1.17. The van der Waals surface area contributed by atoms with Gasteiger partial charge in [-0.1, -0.05) is 26.0 Å². The van der Waals surface area contributed by atoms with E-state index in [-0.39, 0.29) is 16.9 Å². The number of aromatic hydroxyl groups is 1. The molecular formula is C26H28N4O5. The average Bonchev–Trinajstić information content (AvgIpc) is 3.25. The minimum atomic E-state index is -0.464. The van der Waals surface area contributed by atoms with E-state index in [1.165, 1.54) is 0 Å². The zero-order chi connectivity index (χ0) is 24.9. The summed E-state index contributed by atoms with van der Waals surface area (Å²) in [6, 6.07) is 9.98. The van der Waals surface area contributed by atoms with Crippen molar-refractivity contribution in [1.82, 2.24) is 14.8 Å². The number of anilines is 1. The largest absolute Gasteiger partial charge is 0.508 e. The van der Waals surface area contributed by atoms with Crippen LogP contribution in [0.5, 0.6) is 23.0 Å². The highest BCUT2D eigenvalue weighted by Crippen LogP contribution is 2.46. The molecule has 0 bridgehead atoms. The maximum atomic E-state index is 13.4. The molecule has 0 saturated carbocycles. The molecule has 5 rings (SSSR count). The van der Waals surface area contributed by atoms with Gasteiger partial charge in [0.15, 0.2) is 23.1 Å². The highest BCUT2D eigenvalue weighted by molar-refractivity contribution is 6.00. The summed E-state index contributed by atoms with van der Waals surface area (Å²) < 4.78 is 18.2. The summed E-state index contributed by atoms with van der Waals surface area (Å²) in [6.45, 7) is 4.18. The van der Waals surface area contributed by atoms with Crippen molar-refractivity contribution in [2.45, 2.75) is 32.7 Å². The fraction of sp³-hybridized carbons (Fsp3) is 0.346. The van der Waals surface area contributed by atoms with E-state index in [1.807, 2.05) is 12.1 Å². The minimum Gasteiger partial charge on any atom is -0.508 e. The average molecular weight is 477 g/mol. The van der Waals surface area contributed by atoms with Gasteiger partial charge in [0, 0.05) is 23.3 Å². The number of ether oxygens (including phenoxy) is 3. The van der Waals surface area contributed by atoms with E-state index in [9.17, 15) is 9.90 Å². The quantitative estimate of drug-likeness (QED) is 0.560. The Bertz CT molecular complexity index is 1320. The summed E-state index contributed by atoms with van der Waals surface area (Å²) in [7, 11) is 4.66. The van der Waals surface area contributed by atoms with Crippen LogP contribution >= 0.6 is 0 Å². The third kappa shape index (κ3) is 3.86. The van der Waals surface area contributed by atoms with E-state index in [0.717, 1.165) is 17.7 Å². The molecule has 1 aromatic heterocycles. The Morgan fingerprint density at radius 2 is 1.69 bits per heavy atom. The third-order valence-corrected chi connectivity index (χ3v) is 6.46. The van der Waals surface area contributed by atoms with Crippen molar-refractivity contribution in [3.63, 3.8) is 0 Å². The molecule has 1 aliphatic heterocycles. The van der Waals surface area contributed by atoms with E-state index < -0.39 is 6.04 Å². The van der Waals surface area contributed by atoms with Crippen molar-refractivity contribution < 1.29 is 24.1 Å². The van der Waals surface area contributed by atoms with Crippen molar-refractivity contribution >= 4 is 11.7 Å². The van der Waals surface area contributed by atoms with Crippen LogP contribution in [0.2, 0.25) is 0 Å². The molecule has 182 valence electrons. The van der Waals surface area contributed by atoms with Gasteiger partial charge in [0.2, 0.25) is 11.7 Å². The number of aromatic nitrogens is 3. The molecule has 0 fully saturated rings. The van der Waals surface area contributed by atoms with E-state index >= 15 is 0 Å². The van der Waals surface area contributed by atoms with E-state index in [1.54, 1.807) is 50.3 Å². The number of carbonyl (C=O) groups is 1. The second kappa shape index (κ2) is 8.33. The van der Waals surface area contributed by atoms with Crippen molar-refractivity contribution in [1.29, 1.82) is 0 Å². The number of phenols is 1. The van der Waals surface area contributed by atoms with Crippen LogP contribution in [0.1, 0.15) is 38.3 Å². The molecule has 35 heavy (non-hydrogen) atoms. The van der Waals surface area contributed by atoms with E-state index in [4.69, 9.17) is 24.3 Å². The summed E-state index contributed by atoms with van der Waals surface area (Å²) in [5, 5.41) is 18.0. The van der Waals surface area contributed by atoms with Gasteiger partial charge in [-0.25, -0.2) is 4.68 Å². The van der Waals surface area contributed by atoms with Crippen molar-refractivity contribution in [3.8, 4) is 34.4 Å². The second-order valence-corrected chi connectivity index (χ2v) is 9.57.